The molecule has 0 unspecified atom stereocenters. The first kappa shape index (κ1) is 12.3. The molecule has 0 aliphatic carbocycles. The second-order valence-corrected chi connectivity index (χ2v) is 5.00. The van der Waals surface area contributed by atoms with E-state index in [1.807, 2.05) is 24.3 Å². The van der Waals surface area contributed by atoms with Crippen molar-refractivity contribution < 1.29 is 4.39 Å². The van der Waals surface area contributed by atoms with Gasteiger partial charge in [-0.2, -0.15) is 0 Å². The molecule has 0 heterocycles. The zero-order chi connectivity index (χ0) is 12.3. The number of para-hydroxylation sites is 1. The Kier molecular flexibility index (Phi) is 3.92. The van der Waals surface area contributed by atoms with Crippen molar-refractivity contribution in [3.8, 4) is 0 Å². The maximum Gasteiger partial charge on any atom is 0.141 e. The van der Waals surface area contributed by atoms with Crippen molar-refractivity contribution in [1.29, 1.82) is 0 Å². The largest absolute Gasteiger partial charge is 0.398 e. The van der Waals surface area contributed by atoms with Crippen LogP contribution in [0.3, 0.4) is 0 Å². The molecule has 0 aliphatic rings. The van der Waals surface area contributed by atoms with E-state index in [0.29, 0.717) is 5.75 Å². The number of nitrogens with two attached hydrogens (primary N) is 1. The van der Waals surface area contributed by atoms with Gasteiger partial charge in [-0.3, -0.25) is 0 Å². The van der Waals surface area contributed by atoms with E-state index < -0.39 is 0 Å². The maximum atomic E-state index is 13.0. The predicted octanol–water partition coefficient (Wildman–Crippen LogP) is 4.35. The number of rotatable bonds is 3. The van der Waals surface area contributed by atoms with Crippen LogP contribution in [0.2, 0.25) is 5.02 Å². The van der Waals surface area contributed by atoms with Crippen LogP contribution in [-0.2, 0) is 5.75 Å². The first-order valence-corrected chi connectivity index (χ1v) is 6.44. The Morgan fingerprint density at radius 2 is 1.94 bits per heavy atom. The number of hydrogen-bond acceptors (Lipinski definition) is 2. The Bertz CT molecular complexity index is 531. The molecular formula is C13H11ClFNS. The molecule has 2 rings (SSSR count). The fourth-order valence-electron chi connectivity index (χ4n) is 1.40. The van der Waals surface area contributed by atoms with Crippen LogP contribution in [0.15, 0.2) is 47.4 Å². The maximum absolute atomic E-state index is 13.0. The summed E-state index contributed by atoms with van der Waals surface area (Å²) in [6.07, 6.45) is 0. The third-order valence-corrected chi connectivity index (χ3v) is 3.75. The number of hydrogen-bond donors (Lipinski definition) is 1. The van der Waals surface area contributed by atoms with Gasteiger partial charge in [0, 0.05) is 16.3 Å². The van der Waals surface area contributed by atoms with E-state index in [4.69, 9.17) is 17.3 Å². The van der Waals surface area contributed by atoms with Crippen LogP contribution in [0, 0.1) is 5.82 Å². The monoisotopic (exact) mass is 267 g/mol. The Morgan fingerprint density at radius 1 is 1.18 bits per heavy atom. The normalized spacial score (nSPS) is 10.5. The molecule has 4 heteroatoms. The fraction of sp³-hybridized carbons (Fsp3) is 0.0769. The molecule has 0 saturated heterocycles. The predicted molar refractivity (Wildman–Crippen MR) is 71.8 cm³/mol. The second kappa shape index (κ2) is 5.43. The topological polar surface area (TPSA) is 26.0 Å². The summed E-state index contributed by atoms with van der Waals surface area (Å²) in [4.78, 5) is 1.02. The fourth-order valence-corrected chi connectivity index (χ4v) is 2.52. The van der Waals surface area contributed by atoms with Gasteiger partial charge in [-0.25, -0.2) is 4.39 Å². The van der Waals surface area contributed by atoms with Gasteiger partial charge in [0.1, 0.15) is 5.82 Å². The molecule has 17 heavy (non-hydrogen) atoms. The minimum Gasteiger partial charge on any atom is -0.398 e. The summed E-state index contributed by atoms with van der Waals surface area (Å²) >= 11 is 7.33. The Balaban J connectivity index is 2.08. The average molecular weight is 268 g/mol. The number of thioether (sulfide) groups is 1. The lowest BCUT2D eigenvalue weighted by molar-refractivity contribution is 0.628. The van der Waals surface area contributed by atoms with Crippen molar-refractivity contribution in [2.45, 2.75) is 10.6 Å². The number of halogens is 2. The third kappa shape index (κ3) is 3.14. The van der Waals surface area contributed by atoms with Crippen LogP contribution < -0.4 is 5.73 Å². The van der Waals surface area contributed by atoms with E-state index in [1.165, 1.54) is 6.07 Å². The molecule has 0 aliphatic heterocycles. The minimum absolute atomic E-state index is 0.157. The van der Waals surface area contributed by atoms with Crippen molar-refractivity contribution in [1.82, 2.24) is 0 Å². The lowest BCUT2D eigenvalue weighted by atomic mass is 10.2. The van der Waals surface area contributed by atoms with Gasteiger partial charge in [-0.05, 0) is 29.8 Å². The van der Waals surface area contributed by atoms with Crippen molar-refractivity contribution in [2.75, 3.05) is 5.73 Å². The van der Waals surface area contributed by atoms with E-state index in [0.717, 1.165) is 16.1 Å². The van der Waals surface area contributed by atoms with Crippen molar-refractivity contribution >= 4 is 29.1 Å². The van der Waals surface area contributed by atoms with E-state index in [9.17, 15) is 4.39 Å². The average Bonchev–Trinajstić information content (AvgIpc) is 2.32. The molecule has 0 fully saturated rings. The Hall–Kier alpha value is -1.19. The van der Waals surface area contributed by atoms with Gasteiger partial charge in [0.25, 0.3) is 0 Å². The van der Waals surface area contributed by atoms with Gasteiger partial charge < -0.3 is 5.73 Å². The molecule has 88 valence electrons. The summed E-state index contributed by atoms with van der Waals surface area (Å²) in [5.41, 5.74) is 7.56. The van der Waals surface area contributed by atoms with Crippen LogP contribution in [0.5, 0.6) is 0 Å². The summed E-state index contributed by atoms with van der Waals surface area (Å²) in [5, 5.41) is 0.157. The van der Waals surface area contributed by atoms with Crippen molar-refractivity contribution in [2.24, 2.45) is 0 Å². The van der Waals surface area contributed by atoms with Crippen LogP contribution in [-0.4, -0.2) is 0 Å². The summed E-state index contributed by atoms with van der Waals surface area (Å²) < 4.78 is 13.0. The molecule has 2 N–H and O–H groups in total. The number of anilines is 1. The first-order valence-electron chi connectivity index (χ1n) is 5.08. The SMILES string of the molecule is Nc1ccccc1SCc1ccc(F)c(Cl)c1. The molecule has 0 radical (unpaired) electrons. The zero-order valence-electron chi connectivity index (χ0n) is 8.99. The minimum atomic E-state index is -0.389. The van der Waals surface area contributed by atoms with Gasteiger partial charge in [-0.1, -0.05) is 29.8 Å². The van der Waals surface area contributed by atoms with E-state index in [2.05, 4.69) is 0 Å². The summed E-state index contributed by atoms with van der Waals surface area (Å²) in [7, 11) is 0. The van der Waals surface area contributed by atoms with Gasteiger partial charge >= 0.3 is 0 Å². The lowest BCUT2D eigenvalue weighted by Crippen LogP contribution is -1.88. The second-order valence-electron chi connectivity index (χ2n) is 3.57. The lowest BCUT2D eigenvalue weighted by Gasteiger charge is -2.05. The third-order valence-electron chi connectivity index (χ3n) is 2.30. The summed E-state index contributed by atoms with van der Waals surface area (Å²) in [6.45, 7) is 0. The summed E-state index contributed by atoms with van der Waals surface area (Å²) in [6, 6.07) is 12.4. The number of nitrogen functional groups attached to an aromatic ring is 1. The highest BCUT2D eigenvalue weighted by Gasteiger charge is 2.03. The molecule has 0 saturated carbocycles. The summed E-state index contributed by atoms with van der Waals surface area (Å²) in [5.74, 6) is 0.327. The van der Waals surface area contributed by atoms with Crippen molar-refractivity contribution in [3.63, 3.8) is 0 Å². The van der Waals surface area contributed by atoms with Crippen molar-refractivity contribution in [3.05, 3.63) is 58.9 Å². The smallest absolute Gasteiger partial charge is 0.141 e. The van der Waals surface area contributed by atoms with Crippen LogP contribution in [0.4, 0.5) is 10.1 Å². The highest BCUT2D eigenvalue weighted by Crippen LogP contribution is 2.28. The molecule has 0 amide bonds. The highest BCUT2D eigenvalue weighted by atomic mass is 35.5. The van der Waals surface area contributed by atoms with Gasteiger partial charge in [0.15, 0.2) is 0 Å². The molecule has 2 aromatic rings. The highest BCUT2D eigenvalue weighted by molar-refractivity contribution is 7.98. The molecule has 2 aromatic carbocycles. The standard InChI is InChI=1S/C13H11ClFNS/c14-10-7-9(5-6-11(10)15)8-17-13-4-2-1-3-12(13)16/h1-7H,8,16H2. The molecule has 0 atom stereocenters. The van der Waals surface area contributed by atoms with E-state index in [1.54, 1.807) is 23.9 Å². The van der Waals surface area contributed by atoms with Gasteiger partial charge in [-0.15, -0.1) is 11.8 Å². The van der Waals surface area contributed by atoms with E-state index in [-0.39, 0.29) is 10.8 Å². The molecule has 0 aromatic heterocycles. The first-order chi connectivity index (χ1) is 8.16. The van der Waals surface area contributed by atoms with Crippen LogP contribution in [0.25, 0.3) is 0 Å². The Labute approximate surface area is 109 Å². The van der Waals surface area contributed by atoms with Gasteiger partial charge in [0.05, 0.1) is 5.02 Å². The molecule has 0 bridgehead atoms. The van der Waals surface area contributed by atoms with Gasteiger partial charge in [0.2, 0.25) is 0 Å². The number of benzene rings is 2. The molecule has 0 spiro atoms. The van der Waals surface area contributed by atoms with Crippen LogP contribution in [0.1, 0.15) is 5.56 Å². The Morgan fingerprint density at radius 3 is 2.65 bits per heavy atom. The zero-order valence-corrected chi connectivity index (χ0v) is 10.6. The quantitative estimate of drug-likeness (QED) is 0.661. The van der Waals surface area contributed by atoms with Crippen LogP contribution >= 0.6 is 23.4 Å². The molecular weight excluding hydrogens is 257 g/mol. The van der Waals surface area contributed by atoms with E-state index >= 15 is 0 Å². The molecule has 1 nitrogen and oxygen atoms in total.